The molecule has 1 aromatic heterocycles. The highest BCUT2D eigenvalue weighted by atomic mass is 16.3. The van der Waals surface area contributed by atoms with Crippen LogP contribution in [-0.2, 0) is 12.5 Å². The maximum absolute atomic E-state index is 9.54. The molecular weight excluding hydrogens is 212 g/mol. The maximum atomic E-state index is 9.54. The smallest absolute Gasteiger partial charge is 0.0558 e. The first-order chi connectivity index (χ1) is 8.14. The second-order valence-corrected chi connectivity index (χ2v) is 5.25. The number of nitrogens with zero attached hydrogens (tertiary/aromatic N) is 1. The van der Waals surface area contributed by atoms with Gasteiger partial charge in [-0.05, 0) is 35.9 Å². The molecule has 1 saturated carbocycles. The van der Waals surface area contributed by atoms with Gasteiger partial charge in [-0.15, -0.1) is 0 Å². The zero-order valence-corrected chi connectivity index (χ0v) is 10.1. The van der Waals surface area contributed by atoms with Crippen molar-refractivity contribution in [3.05, 3.63) is 36.0 Å². The van der Waals surface area contributed by atoms with Crippen molar-refractivity contribution in [1.82, 2.24) is 4.57 Å². The van der Waals surface area contributed by atoms with Gasteiger partial charge < -0.3 is 15.4 Å². The third-order valence-electron chi connectivity index (χ3n) is 4.14. The van der Waals surface area contributed by atoms with Gasteiger partial charge in [-0.3, -0.25) is 0 Å². The van der Waals surface area contributed by atoms with Crippen molar-refractivity contribution >= 4 is 10.9 Å². The zero-order valence-electron chi connectivity index (χ0n) is 10.1. The number of nitrogens with two attached hydrogens (primary N) is 1. The molecule has 1 fully saturated rings. The number of fused-ring (bicyclic) bond motifs is 1. The molecule has 0 saturated heterocycles. The maximum Gasteiger partial charge on any atom is 0.0558 e. The Hall–Kier alpha value is -1.32. The summed E-state index contributed by atoms with van der Waals surface area (Å²) in [5.74, 6) is 0. The van der Waals surface area contributed by atoms with E-state index < -0.39 is 0 Å². The summed E-state index contributed by atoms with van der Waals surface area (Å²) in [6, 6.07) is 8.63. The van der Waals surface area contributed by atoms with E-state index in [1.165, 1.54) is 16.5 Å². The number of aromatic nitrogens is 1. The first-order valence-electron chi connectivity index (χ1n) is 6.08. The van der Waals surface area contributed by atoms with Crippen molar-refractivity contribution in [2.75, 3.05) is 6.54 Å². The van der Waals surface area contributed by atoms with E-state index in [-0.39, 0.29) is 11.5 Å². The van der Waals surface area contributed by atoms with Crippen LogP contribution in [-0.4, -0.2) is 22.3 Å². The Morgan fingerprint density at radius 2 is 2.18 bits per heavy atom. The molecule has 0 atom stereocenters. The quantitative estimate of drug-likeness (QED) is 0.822. The summed E-state index contributed by atoms with van der Waals surface area (Å²) >= 11 is 0. The Balaban J connectivity index is 2.08. The minimum absolute atomic E-state index is 0.00211. The SMILES string of the molecule is Cn1ccc2ccc(C3(CN)CC(O)C3)cc21. The molecule has 1 aliphatic carbocycles. The van der Waals surface area contributed by atoms with E-state index in [4.69, 9.17) is 5.73 Å². The molecule has 0 spiro atoms. The number of benzene rings is 1. The van der Waals surface area contributed by atoms with Crippen LogP contribution in [0.15, 0.2) is 30.5 Å². The summed E-state index contributed by atoms with van der Waals surface area (Å²) < 4.78 is 2.12. The Kier molecular flexibility index (Phi) is 2.28. The number of aryl methyl sites for hydroxylation is 1. The van der Waals surface area contributed by atoms with Gasteiger partial charge in [0.2, 0.25) is 0 Å². The highest BCUT2D eigenvalue weighted by Crippen LogP contribution is 2.43. The molecule has 0 bridgehead atoms. The van der Waals surface area contributed by atoms with Gasteiger partial charge in [-0.25, -0.2) is 0 Å². The Bertz CT molecular complexity index is 552. The van der Waals surface area contributed by atoms with Gasteiger partial charge in [0.05, 0.1) is 6.10 Å². The molecule has 17 heavy (non-hydrogen) atoms. The topological polar surface area (TPSA) is 51.2 Å². The minimum atomic E-state index is -0.178. The largest absolute Gasteiger partial charge is 0.393 e. The zero-order chi connectivity index (χ0) is 12.0. The van der Waals surface area contributed by atoms with E-state index in [0.29, 0.717) is 6.54 Å². The molecule has 3 heteroatoms. The average molecular weight is 230 g/mol. The Morgan fingerprint density at radius 3 is 2.82 bits per heavy atom. The van der Waals surface area contributed by atoms with Crippen LogP contribution in [0.4, 0.5) is 0 Å². The molecular formula is C14H18N2O. The molecule has 1 aromatic carbocycles. The van der Waals surface area contributed by atoms with E-state index in [1.807, 2.05) is 0 Å². The van der Waals surface area contributed by atoms with Gasteiger partial charge in [-0.1, -0.05) is 12.1 Å². The van der Waals surface area contributed by atoms with Crippen molar-refractivity contribution in [2.24, 2.45) is 12.8 Å². The Morgan fingerprint density at radius 1 is 1.41 bits per heavy atom. The molecule has 2 aromatic rings. The van der Waals surface area contributed by atoms with Gasteiger partial charge in [0.15, 0.2) is 0 Å². The van der Waals surface area contributed by atoms with Crippen LogP contribution >= 0.6 is 0 Å². The normalized spacial score (nSPS) is 28.3. The third kappa shape index (κ3) is 1.50. The third-order valence-corrected chi connectivity index (χ3v) is 4.14. The van der Waals surface area contributed by atoms with Crippen LogP contribution in [0.1, 0.15) is 18.4 Å². The van der Waals surface area contributed by atoms with Crippen molar-refractivity contribution in [3.8, 4) is 0 Å². The highest BCUT2D eigenvalue weighted by Gasteiger charge is 2.43. The molecule has 3 N–H and O–H groups in total. The molecule has 1 heterocycles. The number of hydrogen-bond acceptors (Lipinski definition) is 2. The van der Waals surface area contributed by atoms with E-state index >= 15 is 0 Å². The van der Waals surface area contributed by atoms with E-state index in [0.717, 1.165) is 12.8 Å². The Labute approximate surface area is 101 Å². The van der Waals surface area contributed by atoms with Gasteiger partial charge in [-0.2, -0.15) is 0 Å². The van der Waals surface area contributed by atoms with Crippen LogP contribution in [0.3, 0.4) is 0 Å². The second kappa shape index (κ2) is 3.59. The molecule has 0 aliphatic heterocycles. The summed E-state index contributed by atoms with van der Waals surface area (Å²) in [5, 5.41) is 10.8. The van der Waals surface area contributed by atoms with Crippen molar-refractivity contribution in [1.29, 1.82) is 0 Å². The van der Waals surface area contributed by atoms with Gasteiger partial charge in [0.1, 0.15) is 0 Å². The second-order valence-electron chi connectivity index (χ2n) is 5.25. The predicted molar refractivity (Wildman–Crippen MR) is 68.9 cm³/mol. The standard InChI is InChI=1S/C14H18N2O/c1-16-5-4-10-2-3-11(6-13(10)16)14(9-15)7-12(17)8-14/h2-6,12,17H,7-9,15H2,1H3. The van der Waals surface area contributed by atoms with Crippen molar-refractivity contribution < 1.29 is 5.11 Å². The van der Waals surface area contributed by atoms with E-state index in [2.05, 4.69) is 42.1 Å². The lowest BCUT2D eigenvalue weighted by molar-refractivity contribution is 0.0222. The first-order valence-corrected chi connectivity index (χ1v) is 6.08. The minimum Gasteiger partial charge on any atom is -0.393 e. The molecule has 3 rings (SSSR count). The van der Waals surface area contributed by atoms with Crippen LogP contribution in [0.25, 0.3) is 10.9 Å². The van der Waals surface area contributed by atoms with Crippen LogP contribution in [0, 0.1) is 0 Å². The first kappa shape index (κ1) is 10.8. The summed E-state index contributed by atoms with van der Waals surface area (Å²) in [7, 11) is 2.05. The monoisotopic (exact) mass is 230 g/mol. The molecule has 0 unspecified atom stereocenters. The predicted octanol–water partition coefficient (Wildman–Crippen LogP) is 1.53. The average Bonchev–Trinajstić information content (AvgIpc) is 2.66. The van der Waals surface area contributed by atoms with Crippen molar-refractivity contribution in [2.45, 2.75) is 24.4 Å². The lowest BCUT2D eigenvalue weighted by Crippen LogP contribution is -2.49. The number of hydrogen-bond donors (Lipinski definition) is 2. The van der Waals surface area contributed by atoms with Crippen LogP contribution in [0.5, 0.6) is 0 Å². The van der Waals surface area contributed by atoms with Crippen molar-refractivity contribution in [3.63, 3.8) is 0 Å². The molecule has 0 amide bonds. The van der Waals surface area contributed by atoms with Crippen LogP contribution in [0.2, 0.25) is 0 Å². The van der Waals surface area contributed by atoms with Gasteiger partial charge >= 0.3 is 0 Å². The fourth-order valence-corrected chi connectivity index (χ4v) is 2.95. The molecule has 3 nitrogen and oxygen atoms in total. The van der Waals surface area contributed by atoms with Gasteiger partial charge in [0, 0.05) is 30.7 Å². The summed E-state index contributed by atoms with van der Waals surface area (Å²) in [4.78, 5) is 0. The summed E-state index contributed by atoms with van der Waals surface area (Å²) in [5.41, 5.74) is 8.40. The fraction of sp³-hybridized carbons (Fsp3) is 0.429. The van der Waals surface area contributed by atoms with E-state index in [1.54, 1.807) is 0 Å². The lowest BCUT2D eigenvalue weighted by atomic mass is 9.63. The summed E-state index contributed by atoms with van der Waals surface area (Å²) in [6.07, 6.45) is 3.47. The summed E-state index contributed by atoms with van der Waals surface area (Å²) in [6.45, 7) is 0.611. The van der Waals surface area contributed by atoms with Crippen LogP contribution < -0.4 is 5.73 Å². The lowest BCUT2D eigenvalue weighted by Gasteiger charge is -2.45. The highest BCUT2D eigenvalue weighted by molar-refractivity contribution is 5.81. The molecule has 0 radical (unpaired) electrons. The number of rotatable bonds is 2. The number of aliphatic hydroxyl groups excluding tert-OH is 1. The van der Waals surface area contributed by atoms with E-state index in [9.17, 15) is 5.11 Å². The molecule has 90 valence electrons. The fourth-order valence-electron chi connectivity index (χ4n) is 2.95. The van der Waals surface area contributed by atoms with Gasteiger partial charge in [0.25, 0.3) is 0 Å². The number of aliphatic hydroxyl groups is 1. The molecule has 1 aliphatic rings.